The van der Waals surface area contributed by atoms with E-state index in [1.54, 1.807) is 7.05 Å². The summed E-state index contributed by atoms with van der Waals surface area (Å²) in [5.74, 6) is -1.17. The topological polar surface area (TPSA) is 64.1 Å². The van der Waals surface area contributed by atoms with E-state index < -0.39 is 18.1 Å². The van der Waals surface area contributed by atoms with Crippen molar-refractivity contribution in [1.29, 1.82) is 0 Å². The molecule has 1 aliphatic heterocycles. The Morgan fingerprint density at radius 3 is 2.22 bits per heavy atom. The summed E-state index contributed by atoms with van der Waals surface area (Å²) >= 11 is 0. The SMILES string of the molecule is CC(C(=O)O)N(C)C(=O)C(c1ccccc1)N1CCN(C)CC1. The Kier molecular flexibility index (Phi) is 5.74. The maximum Gasteiger partial charge on any atom is 0.326 e. The third kappa shape index (κ3) is 4.09. The van der Waals surface area contributed by atoms with E-state index in [2.05, 4.69) is 16.8 Å². The van der Waals surface area contributed by atoms with Crippen molar-refractivity contribution in [2.45, 2.75) is 19.0 Å². The van der Waals surface area contributed by atoms with Crippen LogP contribution in [0.4, 0.5) is 0 Å². The number of carbonyl (C=O) groups excluding carboxylic acids is 1. The molecule has 2 atom stereocenters. The molecule has 0 spiro atoms. The number of hydrogen-bond donors (Lipinski definition) is 1. The van der Waals surface area contributed by atoms with Crippen LogP contribution in [0.25, 0.3) is 0 Å². The number of likely N-dealkylation sites (N-methyl/N-ethyl adjacent to an activating group) is 2. The molecule has 1 fully saturated rings. The lowest BCUT2D eigenvalue weighted by molar-refractivity contribution is -0.151. The van der Waals surface area contributed by atoms with Crippen molar-refractivity contribution in [2.75, 3.05) is 40.3 Å². The quantitative estimate of drug-likeness (QED) is 0.874. The summed E-state index contributed by atoms with van der Waals surface area (Å²) in [6.45, 7) is 4.91. The molecule has 6 heteroatoms. The van der Waals surface area contributed by atoms with Crippen LogP contribution >= 0.6 is 0 Å². The average molecular weight is 319 g/mol. The highest BCUT2D eigenvalue weighted by Crippen LogP contribution is 2.24. The Morgan fingerprint density at radius 1 is 1.13 bits per heavy atom. The van der Waals surface area contributed by atoms with Gasteiger partial charge in [-0.2, -0.15) is 0 Å². The number of aliphatic carboxylic acids is 1. The molecule has 1 aromatic carbocycles. The molecule has 0 aromatic heterocycles. The smallest absolute Gasteiger partial charge is 0.326 e. The fourth-order valence-corrected chi connectivity index (χ4v) is 2.77. The van der Waals surface area contributed by atoms with E-state index in [-0.39, 0.29) is 5.91 Å². The lowest BCUT2D eigenvalue weighted by Crippen LogP contribution is -2.52. The van der Waals surface area contributed by atoms with Gasteiger partial charge in [-0.3, -0.25) is 9.69 Å². The van der Waals surface area contributed by atoms with Gasteiger partial charge >= 0.3 is 5.97 Å². The zero-order valence-electron chi connectivity index (χ0n) is 14.0. The highest BCUT2D eigenvalue weighted by Gasteiger charge is 2.34. The van der Waals surface area contributed by atoms with Gasteiger partial charge < -0.3 is 14.9 Å². The maximum atomic E-state index is 13.0. The van der Waals surface area contributed by atoms with Gasteiger partial charge in [-0.05, 0) is 19.5 Å². The van der Waals surface area contributed by atoms with E-state index in [1.807, 2.05) is 30.3 Å². The summed E-state index contributed by atoms with van der Waals surface area (Å²) in [6, 6.07) is 8.32. The van der Waals surface area contributed by atoms with Gasteiger partial charge in [0.1, 0.15) is 12.1 Å². The number of benzene rings is 1. The molecule has 23 heavy (non-hydrogen) atoms. The summed E-state index contributed by atoms with van der Waals surface area (Å²) in [7, 11) is 3.63. The second kappa shape index (κ2) is 7.57. The number of piperazine rings is 1. The van der Waals surface area contributed by atoms with Gasteiger partial charge in [0.2, 0.25) is 5.91 Å². The molecule has 0 bridgehead atoms. The molecule has 1 aliphatic rings. The van der Waals surface area contributed by atoms with Crippen molar-refractivity contribution >= 4 is 11.9 Å². The van der Waals surface area contributed by atoms with Gasteiger partial charge in [0.25, 0.3) is 0 Å². The first kappa shape index (κ1) is 17.4. The Hall–Kier alpha value is -1.92. The van der Waals surface area contributed by atoms with Crippen LogP contribution in [0.3, 0.4) is 0 Å². The molecule has 1 heterocycles. The molecular weight excluding hydrogens is 294 g/mol. The third-order valence-corrected chi connectivity index (χ3v) is 4.54. The van der Waals surface area contributed by atoms with Crippen molar-refractivity contribution in [3.8, 4) is 0 Å². The number of carbonyl (C=O) groups is 2. The van der Waals surface area contributed by atoms with Crippen LogP contribution in [0, 0.1) is 0 Å². The van der Waals surface area contributed by atoms with Crippen LogP contribution in [0.1, 0.15) is 18.5 Å². The Bertz CT molecular complexity index is 541. The van der Waals surface area contributed by atoms with Crippen molar-refractivity contribution in [3.63, 3.8) is 0 Å². The summed E-state index contributed by atoms with van der Waals surface area (Å²) < 4.78 is 0. The molecule has 2 rings (SSSR count). The molecule has 6 nitrogen and oxygen atoms in total. The minimum absolute atomic E-state index is 0.171. The molecule has 1 N–H and O–H groups in total. The predicted octanol–water partition coefficient (Wildman–Crippen LogP) is 0.907. The summed E-state index contributed by atoms with van der Waals surface area (Å²) in [4.78, 5) is 29.9. The van der Waals surface area contributed by atoms with Crippen molar-refractivity contribution in [2.24, 2.45) is 0 Å². The normalized spacial score (nSPS) is 19.1. The lowest BCUT2D eigenvalue weighted by atomic mass is 10.0. The first-order valence-corrected chi connectivity index (χ1v) is 7.89. The maximum absolute atomic E-state index is 13.0. The van der Waals surface area contributed by atoms with Gasteiger partial charge in [0.15, 0.2) is 0 Å². The van der Waals surface area contributed by atoms with Crippen LogP contribution in [-0.4, -0.2) is 78.0 Å². The van der Waals surface area contributed by atoms with Gasteiger partial charge in [0, 0.05) is 33.2 Å². The first-order chi connectivity index (χ1) is 10.9. The largest absolute Gasteiger partial charge is 0.480 e. The monoisotopic (exact) mass is 319 g/mol. The van der Waals surface area contributed by atoms with Crippen LogP contribution in [0.5, 0.6) is 0 Å². The van der Waals surface area contributed by atoms with Crippen LogP contribution in [-0.2, 0) is 9.59 Å². The highest BCUT2D eigenvalue weighted by molar-refractivity contribution is 5.87. The minimum Gasteiger partial charge on any atom is -0.480 e. The third-order valence-electron chi connectivity index (χ3n) is 4.54. The molecule has 1 aromatic rings. The standard InChI is InChI=1S/C17H25N3O3/c1-13(17(22)23)19(3)16(21)15(14-7-5-4-6-8-14)20-11-9-18(2)10-12-20/h4-8,13,15H,9-12H2,1-3H3,(H,22,23). The molecule has 1 saturated heterocycles. The number of amides is 1. The van der Waals surface area contributed by atoms with Gasteiger partial charge in [-0.15, -0.1) is 0 Å². The van der Waals surface area contributed by atoms with E-state index in [9.17, 15) is 14.7 Å². The zero-order valence-corrected chi connectivity index (χ0v) is 14.0. The van der Waals surface area contributed by atoms with Crippen LogP contribution < -0.4 is 0 Å². The first-order valence-electron chi connectivity index (χ1n) is 7.89. The van der Waals surface area contributed by atoms with E-state index in [0.29, 0.717) is 0 Å². The minimum atomic E-state index is -0.994. The molecule has 1 amide bonds. The van der Waals surface area contributed by atoms with Crippen molar-refractivity contribution in [1.82, 2.24) is 14.7 Å². The van der Waals surface area contributed by atoms with Crippen molar-refractivity contribution in [3.05, 3.63) is 35.9 Å². The van der Waals surface area contributed by atoms with Crippen molar-refractivity contribution < 1.29 is 14.7 Å². The molecule has 0 radical (unpaired) electrons. The Labute approximate surface area is 137 Å². The summed E-state index contributed by atoms with van der Waals surface area (Å²) in [5, 5.41) is 9.18. The van der Waals surface area contributed by atoms with E-state index in [4.69, 9.17) is 0 Å². The fourth-order valence-electron chi connectivity index (χ4n) is 2.77. The second-order valence-corrected chi connectivity index (χ2v) is 6.12. The summed E-state index contributed by atoms with van der Waals surface area (Å²) in [5.41, 5.74) is 0.909. The van der Waals surface area contributed by atoms with E-state index in [1.165, 1.54) is 11.8 Å². The fraction of sp³-hybridized carbons (Fsp3) is 0.529. The number of nitrogens with zero attached hydrogens (tertiary/aromatic N) is 3. The molecule has 0 saturated carbocycles. The predicted molar refractivity (Wildman–Crippen MR) is 88.1 cm³/mol. The highest BCUT2D eigenvalue weighted by atomic mass is 16.4. The Morgan fingerprint density at radius 2 is 1.70 bits per heavy atom. The summed E-state index contributed by atoms with van der Waals surface area (Å²) in [6.07, 6.45) is 0. The van der Waals surface area contributed by atoms with Gasteiger partial charge in [-0.1, -0.05) is 30.3 Å². The number of carboxylic acids is 1. The van der Waals surface area contributed by atoms with E-state index >= 15 is 0 Å². The average Bonchev–Trinajstić information content (AvgIpc) is 2.56. The molecule has 2 unspecified atom stereocenters. The Balaban J connectivity index is 2.26. The van der Waals surface area contributed by atoms with Gasteiger partial charge in [-0.25, -0.2) is 4.79 Å². The lowest BCUT2D eigenvalue weighted by Gasteiger charge is -2.39. The number of hydrogen-bond acceptors (Lipinski definition) is 4. The number of carboxylic acid groups (broad SMARTS) is 1. The number of rotatable bonds is 5. The second-order valence-electron chi connectivity index (χ2n) is 6.12. The zero-order chi connectivity index (χ0) is 17.0. The molecule has 126 valence electrons. The molecule has 0 aliphatic carbocycles. The van der Waals surface area contributed by atoms with Gasteiger partial charge in [0.05, 0.1) is 0 Å². The van der Waals surface area contributed by atoms with Crippen LogP contribution in [0.15, 0.2) is 30.3 Å². The molecular formula is C17H25N3O3. The van der Waals surface area contributed by atoms with Crippen LogP contribution in [0.2, 0.25) is 0 Å². The van der Waals surface area contributed by atoms with E-state index in [0.717, 1.165) is 31.7 Å².